The van der Waals surface area contributed by atoms with Gasteiger partial charge in [0.15, 0.2) is 0 Å². The second-order valence-corrected chi connectivity index (χ2v) is 5.14. The van der Waals surface area contributed by atoms with Crippen LogP contribution in [0.4, 0.5) is 17.1 Å². The molecule has 7 nitrogen and oxygen atoms in total. The molecular formula is C13H17N3O4. The van der Waals surface area contributed by atoms with Crippen molar-refractivity contribution in [2.45, 2.75) is 38.6 Å². The third-order valence-corrected chi connectivity index (χ3v) is 3.56. The molecule has 0 aliphatic heterocycles. The minimum absolute atomic E-state index is 0.169. The summed E-state index contributed by atoms with van der Waals surface area (Å²) in [5.74, 6) is 0.713. The van der Waals surface area contributed by atoms with Crippen molar-refractivity contribution in [2.75, 3.05) is 5.32 Å². The van der Waals surface area contributed by atoms with Crippen LogP contribution in [0.15, 0.2) is 18.2 Å². The average Bonchev–Trinajstić information content (AvgIpc) is 3.21. The molecule has 20 heavy (non-hydrogen) atoms. The average molecular weight is 279 g/mol. The smallest absolute Gasteiger partial charge is 0.299 e. The summed E-state index contributed by atoms with van der Waals surface area (Å²) in [5.41, 5.74) is -0.154. The SMILES string of the molecule is CCC(CC1CC1)Nc1ccc([N+](=O)[O-])cc1[N+](=O)[O-]. The summed E-state index contributed by atoms with van der Waals surface area (Å²) in [6.07, 6.45) is 4.30. The van der Waals surface area contributed by atoms with Gasteiger partial charge in [-0.3, -0.25) is 20.2 Å². The van der Waals surface area contributed by atoms with Gasteiger partial charge in [-0.25, -0.2) is 0 Å². The maximum atomic E-state index is 11.0. The number of rotatable bonds is 7. The molecule has 0 spiro atoms. The second-order valence-electron chi connectivity index (χ2n) is 5.14. The van der Waals surface area contributed by atoms with Crippen LogP contribution in [-0.4, -0.2) is 15.9 Å². The number of non-ortho nitro benzene ring substituents is 1. The number of benzene rings is 1. The molecule has 0 bridgehead atoms. The second kappa shape index (κ2) is 5.85. The molecule has 1 saturated carbocycles. The highest BCUT2D eigenvalue weighted by Crippen LogP contribution is 2.36. The summed E-state index contributed by atoms with van der Waals surface area (Å²) in [6, 6.07) is 3.89. The molecule has 1 atom stereocenters. The Morgan fingerprint density at radius 3 is 2.50 bits per heavy atom. The molecule has 1 unspecified atom stereocenters. The van der Waals surface area contributed by atoms with Crippen LogP contribution in [0.25, 0.3) is 0 Å². The third kappa shape index (κ3) is 3.43. The maximum absolute atomic E-state index is 11.0. The predicted molar refractivity (Wildman–Crippen MR) is 74.8 cm³/mol. The van der Waals surface area contributed by atoms with Crippen LogP contribution >= 0.6 is 0 Å². The molecule has 0 radical (unpaired) electrons. The quantitative estimate of drug-likeness (QED) is 0.608. The predicted octanol–water partition coefficient (Wildman–Crippen LogP) is 3.49. The summed E-state index contributed by atoms with van der Waals surface area (Å²) in [4.78, 5) is 20.5. The number of nitrogens with one attached hydrogen (secondary N) is 1. The topological polar surface area (TPSA) is 98.3 Å². The lowest BCUT2D eigenvalue weighted by Gasteiger charge is -2.17. The molecule has 1 aliphatic rings. The Bertz CT molecular complexity index is 528. The van der Waals surface area contributed by atoms with E-state index in [1.807, 2.05) is 6.92 Å². The van der Waals surface area contributed by atoms with E-state index in [1.165, 1.54) is 25.0 Å². The van der Waals surface area contributed by atoms with Gasteiger partial charge < -0.3 is 5.32 Å². The normalized spacial score (nSPS) is 15.7. The summed E-state index contributed by atoms with van der Waals surface area (Å²) < 4.78 is 0. The van der Waals surface area contributed by atoms with Crippen molar-refractivity contribution in [3.8, 4) is 0 Å². The zero-order valence-corrected chi connectivity index (χ0v) is 11.2. The maximum Gasteiger partial charge on any atom is 0.299 e. The minimum Gasteiger partial charge on any atom is -0.377 e. The first-order chi connectivity index (χ1) is 9.51. The van der Waals surface area contributed by atoms with Crippen molar-refractivity contribution >= 4 is 17.1 Å². The minimum atomic E-state index is -0.627. The summed E-state index contributed by atoms with van der Waals surface area (Å²) in [7, 11) is 0. The fraction of sp³-hybridized carbons (Fsp3) is 0.538. The summed E-state index contributed by atoms with van der Waals surface area (Å²) in [6.45, 7) is 2.03. The van der Waals surface area contributed by atoms with Gasteiger partial charge in [0.05, 0.1) is 15.9 Å². The van der Waals surface area contributed by atoms with E-state index in [0.717, 1.165) is 18.9 Å². The van der Waals surface area contributed by atoms with E-state index in [0.29, 0.717) is 11.6 Å². The molecule has 0 amide bonds. The molecule has 0 heterocycles. The number of nitro groups is 2. The van der Waals surface area contributed by atoms with Gasteiger partial charge in [0.2, 0.25) is 0 Å². The van der Waals surface area contributed by atoms with Crippen LogP contribution in [-0.2, 0) is 0 Å². The van der Waals surface area contributed by atoms with E-state index in [2.05, 4.69) is 5.32 Å². The summed E-state index contributed by atoms with van der Waals surface area (Å²) >= 11 is 0. The van der Waals surface area contributed by atoms with Crippen LogP contribution < -0.4 is 5.32 Å². The third-order valence-electron chi connectivity index (χ3n) is 3.56. The van der Waals surface area contributed by atoms with Gasteiger partial charge in [0.1, 0.15) is 5.69 Å². The highest BCUT2D eigenvalue weighted by Gasteiger charge is 2.26. The van der Waals surface area contributed by atoms with E-state index in [9.17, 15) is 20.2 Å². The largest absolute Gasteiger partial charge is 0.377 e. The van der Waals surface area contributed by atoms with Crippen LogP contribution in [0.1, 0.15) is 32.6 Å². The number of hydrogen-bond donors (Lipinski definition) is 1. The molecule has 108 valence electrons. The first kappa shape index (κ1) is 14.2. The Balaban J connectivity index is 2.20. The van der Waals surface area contributed by atoms with Gasteiger partial charge in [-0.15, -0.1) is 0 Å². The molecule has 2 rings (SSSR count). The van der Waals surface area contributed by atoms with Gasteiger partial charge in [0, 0.05) is 12.1 Å². The van der Waals surface area contributed by atoms with E-state index in [4.69, 9.17) is 0 Å². The van der Waals surface area contributed by atoms with Crippen molar-refractivity contribution in [2.24, 2.45) is 5.92 Å². The molecule has 7 heteroatoms. The van der Waals surface area contributed by atoms with E-state index >= 15 is 0 Å². The van der Waals surface area contributed by atoms with Gasteiger partial charge in [-0.2, -0.15) is 0 Å². The first-order valence-electron chi connectivity index (χ1n) is 6.70. The molecule has 1 aromatic carbocycles. The van der Waals surface area contributed by atoms with E-state index in [1.54, 1.807) is 0 Å². The van der Waals surface area contributed by atoms with Crippen LogP contribution in [0.5, 0.6) is 0 Å². The Hall–Kier alpha value is -2.18. The number of nitrogens with zero attached hydrogens (tertiary/aromatic N) is 2. The molecule has 1 aliphatic carbocycles. The first-order valence-corrected chi connectivity index (χ1v) is 6.70. The standard InChI is InChI=1S/C13H17N3O4/c1-2-10(7-9-3-4-9)14-12-6-5-11(15(17)18)8-13(12)16(19)20/h5-6,8-10,14H,2-4,7H2,1H3. The fourth-order valence-electron chi connectivity index (χ4n) is 2.21. The van der Waals surface area contributed by atoms with Crippen molar-refractivity contribution in [3.63, 3.8) is 0 Å². The lowest BCUT2D eigenvalue weighted by Crippen LogP contribution is -2.19. The van der Waals surface area contributed by atoms with Gasteiger partial charge in [-0.1, -0.05) is 19.8 Å². The molecule has 0 aromatic heterocycles. The van der Waals surface area contributed by atoms with Gasteiger partial charge in [0.25, 0.3) is 11.4 Å². The Kier molecular flexibility index (Phi) is 4.16. The lowest BCUT2D eigenvalue weighted by atomic mass is 10.1. The molecular weight excluding hydrogens is 262 g/mol. The van der Waals surface area contributed by atoms with Crippen LogP contribution in [0.3, 0.4) is 0 Å². The highest BCUT2D eigenvalue weighted by molar-refractivity contribution is 5.65. The Morgan fingerprint density at radius 2 is 2.00 bits per heavy atom. The van der Waals surface area contributed by atoms with Crippen molar-refractivity contribution < 1.29 is 9.85 Å². The number of hydrogen-bond acceptors (Lipinski definition) is 5. The van der Waals surface area contributed by atoms with Gasteiger partial charge in [-0.05, 0) is 24.8 Å². The molecule has 1 N–H and O–H groups in total. The Labute approximate surface area is 116 Å². The zero-order chi connectivity index (χ0) is 14.7. The van der Waals surface area contributed by atoms with Crippen LogP contribution in [0.2, 0.25) is 0 Å². The van der Waals surface area contributed by atoms with Crippen molar-refractivity contribution in [3.05, 3.63) is 38.4 Å². The monoisotopic (exact) mass is 279 g/mol. The highest BCUT2D eigenvalue weighted by atomic mass is 16.6. The van der Waals surface area contributed by atoms with Crippen molar-refractivity contribution in [1.29, 1.82) is 0 Å². The number of nitro benzene ring substituents is 2. The molecule has 0 saturated heterocycles. The Morgan fingerprint density at radius 1 is 1.30 bits per heavy atom. The molecule has 1 aromatic rings. The van der Waals surface area contributed by atoms with E-state index in [-0.39, 0.29) is 17.4 Å². The summed E-state index contributed by atoms with van der Waals surface area (Å²) in [5, 5.41) is 24.9. The van der Waals surface area contributed by atoms with E-state index < -0.39 is 9.85 Å². The van der Waals surface area contributed by atoms with Crippen LogP contribution in [0, 0.1) is 26.1 Å². The fourth-order valence-corrected chi connectivity index (χ4v) is 2.21. The van der Waals surface area contributed by atoms with Crippen molar-refractivity contribution in [1.82, 2.24) is 0 Å². The van der Waals surface area contributed by atoms with Gasteiger partial charge >= 0.3 is 0 Å². The lowest BCUT2D eigenvalue weighted by molar-refractivity contribution is -0.393. The number of anilines is 1. The molecule has 1 fully saturated rings. The zero-order valence-electron chi connectivity index (χ0n) is 11.2.